The van der Waals surface area contributed by atoms with Crippen molar-refractivity contribution < 1.29 is 4.79 Å². The highest BCUT2D eigenvalue weighted by Crippen LogP contribution is 2.25. The van der Waals surface area contributed by atoms with E-state index in [1.807, 2.05) is 32.2 Å². The average molecular weight is 311 g/mol. The molecule has 1 N–H and O–H groups in total. The van der Waals surface area contributed by atoms with Crippen molar-refractivity contribution in [2.75, 3.05) is 25.0 Å². The van der Waals surface area contributed by atoms with Crippen LogP contribution in [0.5, 0.6) is 0 Å². The first-order valence-electron chi connectivity index (χ1n) is 6.34. The summed E-state index contributed by atoms with van der Waals surface area (Å²) in [6.07, 6.45) is 2.07. The highest BCUT2D eigenvalue weighted by molar-refractivity contribution is 9.10. The monoisotopic (exact) mass is 310 g/mol. The molecule has 0 spiro atoms. The number of rotatable bonds is 2. The molecule has 1 aliphatic rings. The molecular formula is C14H19BrN2O. The molecular weight excluding hydrogens is 292 g/mol. The topological polar surface area (TPSA) is 32.3 Å². The molecule has 2 rings (SSSR count). The van der Waals surface area contributed by atoms with Crippen molar-refractivity contribution in [3.63, 3.8) is 0 Å². The fourth-order valence-corrected chi connectivity index (χ4v) is 2.75. The summed E-state index contributed by atoms with van der Waals surface area (Å²) < 4.78 is 1.00. The number of nitrogens with zero attached hydrogens (tertiary/aromatic N) is 1. The number of anilines is 1. The maximum absolute atomic E-state index is 12.4. The zero-order chi connectivity index (χ0) is 13.1. The van der Waals surface area contributed by atoms with Gasteiger partial charge in [0.2, 0.25) is 5.91 Å². The van der Waals surface area contributed by atoms with Crippen molar-refractivity contribution in [3.8, 4) is 0 Å². The van der Waals surface area contributed by atoms with Crippen molar-refractivity contribution in [2.45, 2.75) is 19.8 Å². The average Bonchev–Trinajstić information content (AvgIpc) is 2.41. The number of hydrogen-bond acceptors (Lipinski definition) is 2. The molecule has 1 heterocycles. The van der Waals surface area contributed by atoms with Gasteiger partial charge in [0.15, 0.2) is 0 Å². The summed E-state index contributed by atoms with van der Waals surface area (Å²) in [6, 6.07) is 6.03. The first-order valence-corrected chi connectivity index (χ1v) is 7.13. The van der Waals surface area contributed by atoms with E-state index in [2.05, 4.69) is 21.2 Å². The molecule has 18 heavy (non-hydrogen) atoms. The van der Waals surface area contributed by atoms with Crippen LogP contribution < -0.4 is 10.2 Å². The van der Waals surface area contributed by atoms with Crippen LogP contribution in [-0.2, 0) is 4.79 Å². The molecule has 1 aromatic carbocycles. The zero-order valence-electron chi connectivity index (χ0n) is 10.9. The van der Waals surface area contributed by atoms with Gasteiger partial charge in [-0.2, -0.15) is 0 Å². The molecule has 1 saturated heterocycles. The minimum atomic E-state index is 0.113. The summed E-state index contributed by atoms with van der Waals surface area (Å²) >= 11 is 3.46. The van der Waals surface area contributed by atoms with Crippen LogP contribution in [0.1, 0.15) is 18.4 Å². The lowest BCUT2D eigenvalue weighted by Gasteiger charge is -2.28. The lowest BCUT2D eigenvalue weighted by Crippen LogP contribution is -2.41. The van der Waals surface area contributed by atoms with Gasteiger partial charge in [0.25, 0.3) is 0 Å². The third kappa shape index (κ3) is 2.93. The second-order valence-corrected chi connectivity index (χ2v) is 5.79. The van der Waals surface area contributed by atoms with E-state index in [-0.39, 0.29) is 11.8 Å². The minimum absolute atomic E-state index is 0.113. The Morgan fingerprint density at radius 1 is 1.50 bits per heavy atom. The van der Waals surface area contributed by atoms with Crippen LogP contribution in [0, 0.1) is 12.8 Å². The molecule has 1 unspecified atom stereocenters. The van der Waals surface area contributed by atoms with Crippen LogP contribution in [-0.4, -0.2) is 26.0 Å². The number of piperidine rings is 1. The molecule has 1 aromatic rings. The quantitative estimate of drug-likeness (QED) is 0.911. The number of carbonyl (C=O) groups is 1. The Morgan fingerprint density at radius 2 is 2.28 bits per heavy atom. The van der Waals surface area contributed by atoms with E-state index in [1.54, 1.807) is 4.90 Å². The van der Waals surface area contributed by atoms with E-state index in [1.165, 1.54) is 0 Å². The maximum atomic E-state index is 12.4. The second-order valence-electron chi connectivity index (χ2n) is 4.87. The van der Waals surface area contributed by atoms with Crippen LogP contribution in [0.2, 0.25) is 0 Å². The van der Waals surface area contributed by atoms with Crippen molar-refractivity contribution in [1.82, 2.24) is 5.32 Å². The van der Waals surface area contributed by atoms with Gasteiger partial charge in [-0.15, -0.1) is 0 Å². The normalized spacial score (nSPS) is 19.6. The predicted octanol–water partition coefficient (Wildman–Crippen LogP) is 2.72. The summed E-state index contributed by atoms with van der Waals surface area (Å²) in [5.41, 5.74) is 2.11. The molecule has 4 heteroatoms. The predicted molar refractivity (Wildman–Crippen MR) is 77.9 cm³/mol. The van der Waals surface area contributed by atoms with Crippen LogP contribution in [0.3, 0.4) is 0 Å². The molecule has 1 atom stereocenters. The molecule has 0 radical (unpaired) electrons. The van der Waals surface area contributed by atoms with E-state index in [4.69, 9.17) is 0 Å². The second kappa shape index (κ2) is 5.85. The number of hydrogen-bond donors (Lipinski definition) is 1. The molecule has 1 fully saturated rings. The van der Waals surface area contributed by atoms with Gasteiger partial charge in [-0.3, -0.25) is 4.79 Å². The van der Waals surface area contributed by atoms with E-state index in [9.17, 15) is 4.79 Å². The van der Waals surface area contributed by atoms with Gasteiger partial charge in [0.1, 0.15) is 0 Å². The molecule has 1 aliphatic heterocycles. The highest BCUT2D eigenvalue weighted by atomic mass is 79.9. The van der Waals surface area contributed by atoms with Gasteiger partial charge in [0.05, 0.1) is 5.92 Å². The Hall–Kier alpha value is -0.870. The van der Waals surface area contributed by atoms with E-state index in [0.717, 1.165) is 41.7 Å². The number of carbonyl (C=O) groups excluding carboxylic acids is 1. The lowest BCUT2D eigenvalue weighted by atomic mass is 9.98. The summed E-state index contributed by atoms with van der Waals surface area (Å²) in [7, 11) is 1.87. The van der Waals surface area contributed by atoms with Crippen molar-refractivity contribution in [3.05, 3.63) is 28.2 Å². The summed E-state index contributed by atoms with van der Waals surface area (Å²) in [5.74, 6) is 0.325. The third-order valence-electron chi connectivity index (χ3n) is 3.51. The molecule has 0 bridgehead atoms. The largest absolute Gasteiger partial charge is 0.316 e. The fraction of sp³-hybridized carbons (Fsp3) is 0.500. The molecule has 3 nitrogen and oxygen atoms in total. The van der Waals surface area contributed by atoms with Crippen LogP contribution >= 0.6 is 15.9 Å². The Balaban J connectivity index is 2.16. The van der Waals surface area contributed by atoms with Crippen molar-refractivity contribution in [2.24, 2.45) is 5.92 Å². The van der Waals surface area contributed by atoms with Crippen molar-refractivity contribution in [1.29, 1.82) is 0 Å². The Morgan fingerprint density at radius 3 is 2.94 bits per heavy atom. The Bertz CT molecular complexity index is 441. The minimum Gasteiger partial charge on any atom is -0.316 e. The molecule has 1 amide bonds. The van der Waals surface area contributed by atoms with Gasteiger partial charge < -0.3 is 10.2 Å². The Kier molecular flexibility index (Phi) is 4.40. The van der Waals surface area contributed by atoms with Gasteiger partial charge in [-0.1, -0.05) is 22.0 Å². The lowest BCUT2D eigenvalue weighted by molar-refractivity contribution is -0.122. The summed E-state index contributed by atoms with van der Waals surface area (Å²) in [6.45, 7) is 3.87. The van der Waals surface area contributed by atoms with E-state index >= 15 is 0 Å². The summed E-state index contributed by atoms with van der Waals surface area (Å²) in [4.78, 5) is 14.2. The molecule has 0 aromatic heterocycles. The highest BCUT2D eigenvalue weighted by Gasteiger charge is 2.25. The van der Waals surface area contributed by atoms with Crippen LogP contribution in [0.15, 0.2) is 22.7 Å². The number of nitrogens with one attached hydrogen (secondary N) is 1. The smallest absolute Gasteiger partial charge is 0.231 e. The van der Waals surface area contributed by atoms with Gasteiger partial charge in [0, 0.05) is 23.8 Å². The third-order valence-corrected chi connectivity index (χ3v) is 4.00. The first-order chi connectivity index (χ1) is 8.59. The summed E-state index contributed by atoms with van der Waals surface area (Å²) in [5, 5.41) is 3.29. The van der Waals surface area contributed by atoms with Crippen molar-refractivity contribution >= 4 is 27.5 Å². The maximum Gasteiger partial charge on any atom is 0.231 e. The van der Waals surface area contributed by atoms with Crippen LogP contribution in [0.4, 0.5) is 5.69 Å². The number of aryl methyl sites for hydroxylation is 1. The number of benzene rings is 1. The fourth-order valence-electron chi connectivity index (χ4n) is 2.40. The van der Waals surface area contributed by atoms with Gasteiger partial charge >= 0.3 is 0 Å². The standard InChI is InChI=1S/C14H19BrN2O/c1-10-5-6-12(15)8-13(10)17(2)14(18)11-4-3-7-16-9-11/h5-6,8,11,16H,3-4,7,9H2,1-2H3. The first kappa shape index (κ1) is 13.6. The SMILES string of the molecule is Cc1ccc(Br)cc1N(C)C(=O)C1CCCNC1. The zero-order valence-corrected chi connectivity index (χ0v) is 12.5. The van der Waals surface area contributed by atoms with Gasteiger partial charge in [-0.05, 0) is 44.0 Å². The molecule has 0 saturated carbocycles. The van der Waals surface area contributed by atoms with Crippen LogP contribution in [0.25, 0.3) is 0 Å². The molecule has 0 aliphatic carbocycles. The number of halogens is 1. The Labute approximate surface area is 117 Å². The molecule has 98 valence electrons. The van der Waals surface area contributed by atoms with Gasteiger partial charge in [-0.25, -0.2) is 0 Å². The van der Waals surface area contributed by atoms with E-state index < -0.39 is 0 Å². The van der Waals surface area contributed by atoms with E-state index in [0.29, 0.717) is 0 Å². The number of amides is 1.